The summed E-state index contributed by atoms with van der Waals surface area (Å²) in [5.74, 6) is 0. The fourth-order valence-electron chi connectivity index (χ4n) is 2.72. The Kier molecular flexibility index (Phi) is 4.54. The van der Waals surface area contributed by atoms with Gasteiger partial charge in [-0.2, -0.15) is 0 Å². The van der Waals surface area contributed by atoms with Gasteiger partial charge in [-0.05, 0) is 43.1 Å². The van der Waals surface area contributed by atoms with Gasteiger partial charge < -0.3 is 5.32 Å². The predicted octanol–water partition coefficient (Wildman–Crippen LogP) is 3.42. The monoisotopic (exact) mass is 286 g/mol. The standard InChI is InChI=1S/C14H20Cl2N2/c1-14(9-17-2)5-6-18(10-14)8-11-3-4-12(15)7-13(11)16/h3-4,7,17H,5-6,8-10H2,1-2H3. The van der Waals surface area contributed by atoms with E-state index in [1.807, 2.05) is 25.2 Å². The second kappa shape index (κ2) is 5.79. The SMILES string of the molecule is CNCC1(C)CCN(Cc2ccc(Cl)cc2Cl)C1. The highest BCUT2D eigenvalue weighted by Gasteiger charge is 2.33. The van der Waals surface area contributed by atoms with Gasteiger partial charge in [-0.3, -0.25) is 4.90 Å². The average molecular weight is 287 g/mol. The number of hydrogen-bond acceptors (Lipinski definition) is 2. The van der Waals surface area contributed by atoms with Crippen LogP contribution in [-0.2, 0) is 6.54 Å². The lowest BCUT2D eigenvalue weighted by atomic mass is 9.90. The Morgan fingerprint density at radius 2 is 2.17 bits per heavy atom. The van der Waals surface area contributed by atoms with Crippen LogP contribution in [-0.4, -0.2) is 31.6 Å². The van der Waals surface area contributed by atoms with Crippen LogP contribution in [0.3, 0.4) is 0 Å². The Balaban J connectivity index is 1.99. The number of nitrogens with zero attached hydrogens (tertiary/aromatic N) is 1. The van der Waals surface area contributed by atoms with E-state index in [4.69, 9.17) is 23.2 Å². The van der Waals surface area contributed by atoms with Crippen LogP contribution in [0, 0.1) is 5.41 Å². The van der Waals surface area contributed by atoms with Gasteiger partial charge >= 0.3 is 0 Å². The Morgan fingerprint density at radius 3 is 2.83 bits per heavy atom. The molecule has 1 heterocycles. The number of benzene rings is 1. The Labute approximate surface area is 119 Å². The van der Waals surface area contributed by atoms with Crippen LogP contribution in [0.2, 0.25) is 10.0 Å². The van der Waals surface area contributed by atoms with Gasteiger partial charge in [0.2, 0.25) is 0 Å². The molecule has 0 aromatic heterocycles. The Hall–Kier alpha value is -0.280. The molecule has 18 heavy (non-hydrogen) atoms. The smallest absolute Gasteiger partial charge is 0.0465 e. The Morgan fingerprint density at radius 1 is 1.39 bits per heavy atom. The molecule has 1 N–H and O–H groups in total. The molecule has 0 aliphatic carbocycles. The van der Waals surface area contributed by atoms with Gasteiger partial charge in [0.25, 0.3) is 0 Å². The van der Waals surface area contributed by atoms with Crippen LogP contribution in [0.5, 0.6) is 0 Å². The van der Waals surface area contributed by atoms with Crippen molar-refractivity contribution in [1.29, 1.82) is 0 Å². The average Bonchev–Trinajstić information content (AvgIpc) is 2.65. The highest BCUT2D eigenvalue weighted by atomic mass is 35.5. The molecule has 0 bridgehead atoms. The van der Waals surface area contributed by atoms with E-state index >= 15 is 0 Å². The highest BCUT2D eigenvalue weighted by molar-refractivity contribution is 6.35. The minimum atomic E-state index is 0.383. The molecule has 1 atom stereocenters. The van der Waals surface area contributed by atoms with E-state index in [0.717, 1.165) is 36.8 Å². The summed E-state index contributed by atoms with van der Waals surface area (Å²) in [5, 5.41) is 4.75. The third-order valence-corrected chi connectivity index (χ3v) is 4.24. The third-order valence-electron chi connectivity index (χ3n) is 3.65. The van der Waals surface area contributed by atoms with Gasteiger partial charge in [0.05, 0.1) is 0 Å². The minimum Gasteiger partial charge on any atom is -0.319 e. The van der Waals surface area contributed by atoms with E-state index in [1.165, 1.54) is 6.42 Å². The van der Waals surface area contributed by atoms with Gasteiger partial charge in [-0.1, -0.05) is 36.2 Å². The molecule has 1 aliphatic heterocycles. The van der Waals surface area contributed by atoms with Crippen LogP contribution >= 0.6 is 23.2 Å². The lowest BCUT2D eigenvalue weighted by molar-refractivity contribution is 0.265. The zero-order valence-electron chi connectivity index (χ0n) is 11.0. The van der Waals surface area contributed by atoms with Gasteiger partial charge in [0.15, 0.2) is 0 Å². The molecule has 2 nitrogen and oxygen atoms in total. The Bertz CT molecular complexity index is 422. The molecule has 100 valence electrons. The van der Waals surface area contributed by atoms with Gasteiger partial charge in [0.1, 0.15) is 0 Å². The van der Waals surface area contributed by atoms with E-state index < -0.39 is 0 Å². The van der Waals surface area contributed by atoms with Gasteiger partial charge in [-0.15, -0.1) is 0 Å². The van der Waals surface area contributed by atoms with Gasteiger partial charge in [-0.25, -0.2) is 0 Å². The summed E-state index contributed by atoms with van der Waals surface area (Å²) < 4.78 is 0. The molecular weight excluding hydrogens is 267 g/mol. The molecule has 1 aromatic rings. The summed E-state index contributed by atoms with van der Waals surface area (Å²) in [6.07, 6.45) is 1.24. The van der Waals surface area contributed by atoms with Crippen molar-refractivity contribution in [2.45, 2.75) is 19.9 Å². The van der Waals surface area contributed by atoms with Crippen LogP contribution in [0.15, 0.2) is 18.2 Å². The van der Waals surface area contributed by atoms with E-state index in [9.17, 15) is 0 Å². The molecular formula is C14H20Cl2N2. The van der Waals surface area contributed by atoms with Crippen LogP contribution < -0.4 is 5.32 Å². The second-order valence-electron chi connectivity index (χ2n) is 5.54. The first kappa shape index (κ1) is 14.1. The molecule has 0 spiro atoms. The van der Waals surface area contributed by atoms with Crippen molar-refractivity contribution in [3.05, 3.63) is 33.8 Å². The molecule has 1 aliphatic rings. The number of hydrogen-bond donors (Lipinski definition) is 1. The normalized spacial score (nSPS) is 24.7. The highest BCUT2D eigenvalue weighted by Crippen LogP contribution is 2.31. The lowest BCUT2D eigenvalue weighted by Gasteiger charge is -2.24. The first-order valence-electron chi connectivity index (χ1n) is 6.33. The summed E-state index contributed by atoms with van der Waals surface area (Å²) in [6.45, 7) is 6.57. The molecule has 1 unspecified atom stereocenters. The molecule has 1 aromatic carbocycles. The van der Waals surface area contributed by atoms with Crippen molar-refractivity contribution in [2.75, 3.05) is 26.7 Å². The fraction of sp³-hybridized carbons (Fsp3) is 0.571. The van der Waals surface area contributed by atoms with Crippen molar-refractivity contribution < 1.29 is 0 Å². The molecule has 4 heteroatoms. The zero-order chi connectivity index (χ0) is 13.2. The van der Waals surface area contributed by atoms with Gasteiger partial charge in [0, 0.05) is 29.7 Å². The van der Waals surface area contributed by atoms with Crippen LogP contribution in [0.4, 0.5) is 0 Å². The maximum Gasteiger partial charge on any atom is 0.0465 e. The maximum absolute atomic E-state index is 6.22. The number of nitrogens with one attached hydrogen (secondary N) is 1. The summed E-state index contributed by atoms with van der Waals surface area (Å²) in [4.78, 5) is 2.46. The van der Waals surface area contributed by atoms with E-state index in [1.54, 1.807) is 0 Å². The summed E-state index contributed by atoms with van der Waals surface area (Å²) in [6, 6.07) is 5.76. The number of rotatable bonds is 4. The maximum atomic E-state index is 6.22. The van der Waals surface area contributed by atoms with Crippen LogP contribution in [0.25, 0.3) is 0 Å². The van der Waals surface area contributed by atoms with E-state index in [0.29, 0.717) is 10.4 Å². The van der Waals surface area contributed by atoms with E-state index in [-0.39, 0.29) is 0 Å². The molecule has 2 rings (SSSR count). The second-order valence-corrected chi connectivity index (χ2v) is 6.38. The van der Waals surface area contributed by atoms with Crippen molar-refractivity contribution in [1.82, 2.24) is 10.2 Å². The van der Waals surface area contributed by atoms with E-state index in [2.05, 4.69) is 17.1 Å². The van der Waals surface area contributed by atoms with Crippen molar-refractivity contribution in [2.24, 2.45) is 5.41 Å². The van der Waals surface area contributed by atoms with Crippen molar-refractivity contribution in [3.63, 3.8) is 0 Å². The summed E-state index contributed by atoms with van der Waals surface area (Å²) >= 11 is 12.1. The minimum absolute atomic E-state index is 0.383. The summed E-state index contributed by atoms with van der Waals surface area (Å²) in [7, 11) is 2.02. The molecule has 0 radical (unpaired) electrons. The summed E-state index contributed by atoms with van der Waals surface area (Å²) in [5.41, 5.74) is 1.54. The van der Waals surface area contributed by atoms with Crippen LogP contribution in [0.1, 0.15) is 18.9 Å². The molecule has 1 fully saturated rings. The third kappa shape index (κ3) is 3.39. The number of likely N-dealkylation sites (tertiary alicyclic amines) is 1. The molecule has 0 amide bonds. The topological polar surface area (TPSA) is 15.3 Å². The first-order valence-corrected chi connectivity index (χ1v) is 7.09. The van der Waals surface area contributed by atoms with Crippen molar-refractivity contribution in [3.8, 4) is 0 Å². The largest absolute Gasteiger partial charge is 0.319 e. The first-order chi connectivity index (χ1) is 8.52. The fourth-order valence-corrected chi connectivity index (χ4v) is 3.19. The predicted molar refractivity (Wildman–Crippen MR) is 78.4 cm³/mol. The quantitative estimate of drug-likeness (QED) is 0.912. The van der Waals surface area contributed by atoms with Crippen molar-refractivity contribution >= 4 is 23.2 Å². The molecule has 1 saturated heterocycles. The zero-order valence-corrected chi connectivity index (χ0v) is 12.5. The number of halogens is 2. The lowest BCUT2D eigenvalue weighted by Crippen LogP contribution is -2.32. The molecule has 0 saturated carbocycles.